The fourth-order valence-corrected chi connectivity index (χ4v) is 5.51. The molecule has 0 N–H and O–H groups in total. The first-order chi connectivity index (χ1) is 3.27. The van der Waals surface area contributed by atoms with Crippen molar-refractivity contribution in [3.8, 4) is 0 Å². The van der Waals surface area contributed by atoms with Crippen LogP contribution in [-0.4, -0.2) is 18.3 Å². The SMILES string of the molecule is CC[SiH2]C[SiH](C)C. The third-order valence-electron chi connectivity index (χ3n) is 1.14. The van der Waals surface area contributed by atoms with Crippen LogP contribution in [0.2, 0.25) is 24.8 Å². The summed E-state index contributed by atoms with van der Waals surface area (Å²) in [4.78, 5) is 0. The van der Waals surface area contributed by atoms with Gasteiger partial charge in [0.1, 0.15) is 0 Å². The maximum Gasteiger partial charge on any atom is 0.0274 e. The summed E-state index contributed by atoms with van der Waals surface area (Å²) in [6.07, 6.45) is 0. The largest absolute Gasteiger partial charge is 0.0724 e. The Morgan fingerprint density at radius 3 is 2.14 bits per heavy atom. The molecule has 0 aliphatic carbocycles. The Balaban J connectivity index is 2.68. The summed E-state index contributed by atoms with van der Waals surface area (Å²) in [7, 11) is 0.310. The Hall–Kier alpha value is 0.434. The zero-order valence-corrected chi connectivity index (χ0v) is 8.27. The summed E-state index contributed by atoms with van der Waals surface area (Å²) < 4.78 is 0. The molecule has 0 amide bonds. The standard InChI is InChI=1S/C5H16Si2/c1-4-6-5-7(2)3/h7H,4-6H2,1-3H3. The van der Waals surface area contributed by atoms with Crippen LogP contribution in [0, 0.1) is 0 Å². The molecule has 0 aliphatic rings. The van der Waals surface area contributed by atoms with Gasteiger partial charge in [-0.05, 0) is 0 Å². The molecule has 0 radical (unpaired) electrons. The Labute approximate surface area is 50.8 Å². The number of rotatable bonds is 3. The van der Waals surface area contributed by atoms with E-state index in [1.165, 1.54) is 6.04 Å². The summed E-state index contributed by atoms with van der Waals surface area (Å²) in [6, 6.07) is 1.52. The average Bonchev–Trinajstić information content (AvgIpc) is 1.61. The van der Waals surface area contributed by atoms with Gasteiger partial charge >= 0.3 is 0 Å². The van der Waals surface area contributed by atoms with Gasteiger partial charge in [-0.3, -0.25) is 0 Å². The highest BCUT2D eigenvalue weighted by atomic mass is 28.3. The molecule has 0 unspecified atom stereocenters. The average molecular weight is 132 g/mol. The molecule has 0 aromatic carbocycles. The Kier molecular flexibility index (Phi) is 4.87. The summed E-state index contributed by atoms with van der Waals surface area (Å²) in [5.41, 5.74) is 1.68. The van der Waals surface area contributed by atoms with Crippen LogP contribution in [0.25, 0.3) is 0 Å². The van der Waals surface area contributed by atoms with Gasteiger partial charge in [-0.15, -0.1) is 0 Å². The molecule has 44 valence electrons. The second-order valence-corrected chi connectivity index (χ2v) is 9.34. The smallest absolute Gasteiger partial charge is 0.0274 e. The zero-order chi connectivity index (χ0) is 5.70. The Bertz CT molecular complexity index is 35.1. The van der Waals surface area contributed by atoms with Crippen molar-refractivity contribution < 1.29 is 0 Å². The summed E-state index contributed by atoms with van der Waals surface area (Å²) in [5.74, 6) is 0. The van der Waals surface area contributed by atoms with Gasteiger partial charge in [0.15, 0.2) is 0 Å². The van der Waals surface area contributed by atoms with E-state index >= 15 is 0 Å². The molecule has 0 fully saturated rings. The lowest BCUT2D eigenvalue weighted by molar-refractivity contribution is 1.44. The van der Waals surface area contributed by atoms with Gasteiger partial charge < -0.3 is 0 Å². The first-order valence-electron chi connectivity index (χ1n) is 3.27. The lowest BCUT2D eigenvalue weighted by Gasteiger charge is -1.96. The van der Waals surface area contributed by atoms with Crippen LogP contribution in [-0.2, 0) is 0 Å². The van der Waals surface area contributed by atoms with Crippen LogP contribution in [0.5, 0.6) is 0 Å². The van der Waals surface area contributed by atoms with Gasteiger partial charge in [-0.2, -0.15) is 0 Å². The van der Waals surface area contributed by atoms with Gasteiger partial charge in [0.25, 0.3) is 0 Å². The van der Waals surface area contributed by atoms with Crippen LogP contribution >= 0.6 is 0 Å². The molecule has 0 aliphatic heterocycles. The van der Waals surface area contributed by atoms with Crippen LogP contribution < -0.4 is 0 Å². The highest BCUT2D eigenvalue weighted by Gasteiger charge is 1.91. The molecule has 7 heavy (non-hydrogen) atoms. The molecule has 0 saturated carbocycles. The molecule has 0 aromatic heterocycles. The van der Waals surface area contributed by atoms with Gasteiger partial charge in [0.05, 0.1) is 0 Å². The van der Waals surface area contributed by atoms with Crippen LogP contribution in [0.3, 0.4) is 0 Å². The highest BCUT2D eigenvalue weighted by molar-refractivity contribution is 6.67. The van der Waals surface area contributed by atoms with Crippen molar-refractivity contribution in [3.05, 3.63) is 0 Å². The van der Waals surface area contributed by atoms with Crippen LogP contribution in [0.15, 0.2) is 0 Å². The monoisotopic (exact) mass is 132 g/mol. The quantitative estimate of drug-likeness (QED) is 0.503. The van der Waals surface area contributed by atoms with Gasteiger partial charge in [0, 0.05) is 18.3 Å². The molecule has 0 aromatic rings. The maximum absolute atomic E-state index is 2.45. The third-order valence-corrected chi connectivity index (χ3v) is 8.09. The van der Waals surface area contributed by atoms with E-state index in [1.807, 2.05) is 0 Å². The lowest BCUT2D eigenvalue weighted by atomic mass is 11.0. The van der Waals surface area contributed by atoms with Gasteiger partial charge in [-0.1, -0.05) is 31.7 Å². The van der Waals surface area contributed by atoms with Crippen molar-refractivity contribution in [1.82, 2.24) is 0 Å². The van der Waals surface area contributed by atoms with E-state index in [9.17, 15) is 0 Å². The second kappa shape index (κ2) is 4.59. The van der Waals surface area contributed by atoms with Crippen molar-refractivity contribution in [1.29, 1.82) is 0 Å². The number of hydrogen-bond donors (Lipinski definition) is 0. The van der Waals surface area contributed by atoms with Crippen molar-refractivity contribution in [2.75, 3.05) is 0 Å². The predicted octanol–water partition coefficient (Wildman–Crippen LogP) is 1.04. The van der Waals surface area contributed by atoms with Crippen molar-refractivity contribution in [2.24, 2.45) is 0 Å². The summed E-state index contributed by atoms with van der Waals surface area (Å²) >= 11 is 0. The van der Waals surface area contributed by atoms with E-state index in [0.717, 1.165) is 0 Å². The molecule has 0 saturated heterocycles. The fourth-order valence-electron chi connectivity index (χ4n) is 0.612. The normalized spacial score (nSPS) is 12.0. The molecular weight excluding hydrogens is 116 g/mol. The Morgan fingerprint density at radius 2 is 2.00 bits per heavy atom. The van der Waals surface area contributed by atoms with E-state index in [0.29, 0.717) is 9.52 Å². The Morgan fingerprint density at radius 1 is 1.43 bits per heavy atom. The first-order valence-corrected chi connectivity index (χ1v) is 8.40. The van der Waals surface area contributed by atoms with Crippen LogP contribution in [0.4, 0.5) is 0 Å². The molecule has 0 atom stereocenters. The number of hydrogen-bond acceptors (Lipinski definition) is 0. The van der Waals surface area contributed by atoms with Gasteiger partial charge in [-0.25, -0.2) is 0 Å². The van der Waals surface area contributed by atoms with Crippen molar-refractivity contribution in [3.63, 3.8) is 0 Å². The summed E-state index contributed by atoms with van der Waals surface area (Å²) in [6.45, 7) is 7.22. The fraction of sp³-hybridized carbons (Fsp3) is 1.00. The van der Waals surface area contributed by atoms with E-state index in [1.54, 1.807) is 5.67 Å². The third kappa shape index (κ3) is 6.43. The molecule has 0 rings (SSSR count). The molecule has 2 heteroatoms. The molecule has 0 heterocycles. The van der Waals surface area contributed by atoms with E-state index in [4.69, 9.17) is 0 Å². The lowest BCUT2D eigenvalue weighted by Crippen LogP contribution is -2.03. The minimum atomic E-state index is -0.126. The zero-order valence-electron chi connectivity index (χ0n) is 5.70. The van der Waals surface area contributed by atoms with E-state index in [2.05, 4.69) is 20.0 Å². The predicted molar refractivity (Wildman–Crippen MR) is 42.7 cm³/mol. The highest BCUT2D eigenvalue weighted by Crippen LogP contribution is 1.89. The van der Waals surface area contributed by atoms with Gasteiger partial charge in [0.2, 0.25) is 0 Å². The molecular formula is C5H16Si2. The molecule has 0 bridgehead atoms. The first kappa shape index (κ1) is 7.43. The molecule has 0 nitrogen and oxygen atoms in total. The van der Waals surface area contributed by atoms with Crippen molar-refractivity contribution >= 4 is 18.3 Å². The van der Waals surface area contributed by atoms with E-state index < -0.39 is 0 Å². The second-order valence-electron chi connectivity index (χ2n) is 2.54. The maximum atomic E-state index is 2.45. The minimum Gasteiger partial charge on any atom is -0.0724 e. The topological polar surface area (TPSA) is 0 Å². The van der Waals surface area contributed by atoms with Crippen LogP contribution in [0.1, 0.15) is 6.92 Å². The summed E-state index contributed by atoms with van der Waals surface area (Å²) in [5, 5.41) is 0. The molecule has 0 spiro atoms. The van der Waals surface area contributed by atoms with Crippen molar-refractivity contribution in [2.45, 2.75) is 31.7 Å². The minimum absolute atomic E-state index is 0.126. The van der Waals surface area contributed by atoms with E-state index in [-0.39, 0.29) is 8.80 Å².